The van der Waals surface area contributed by atoms with E-state index in [1.807, 2.05) is 0 Å². The van der Waals surface area contributed by atoms with Crippen LogP contribution in [0.15, 0.2) is 12.7 Å². The van der Waals surface area contributed by atoms with Crippen LogP contribution in [-0.2, 0) is 14.3 Å². The summed E-state index contributed by atoms with van der Waals surface area (Å²) in [6.45, 7) is 3.33. The number of carbonyl (C=O) groups is 2. The van der Waals surface area contributed by atoms with Crippen LogP contribution in [0.25, 0.3) is 0 Å². The smallest absolute Gasteiger partial charge is 0.328 e. The van der Waals surface area contributed by atoms with Gasteiger partial charge in [-0.25, -0.2) is 13.6 Å². The van der Waals surface area contributed by atoms with Crippen molar-refractivity contribution in [3.8, 4) is 0 Å². The van der Waals surface area contributed by atoms with Gasteiger partial charge in [0.1, 0.15) is 12.6 Å². The van der Waals surface area contributed by atoms with Crippen LogP contribution in [0.3, 0.4) is 0 Å². The molecule has 7 heteroatoms. The van der Waals surface area contributed by atoms with Crippen molar-refractivity contribution in [3.63, 3.8) is 0 Å². The lowest BCUT2D eigenvalue weighted by molar-refractivity contribution is -0.146. The second kappa shape index (κ2) is 12.0. The van der Waals surface area contributed by atoms with Crippen molar-refractivity contribution < 1.29 is 23.1 Å². The van der Waals surface area contributed by atoms with Crippen LogP contribution in [-0.4, -0.2) is 37.2 Å². The van der Waals surface area contributed by atoms with Crippen LogP contribution in [0.1, 0.15) is 38.5 Å². The van der Waals surface area contributed by atoms with Gasteiger partial charge in [0.05, 0.1) is 0 Å². The van der Waals surface area contributed by atoms with E-state index in [4.69, 9.17) is 10.1 Å². The van der Waals surface area contributed by atoms with Crippen molar-refractivity contribution in [2.24, 2.45) is 0 Å². The highest BCUT2D eigenvalue weighted by Crippen LogP contribution is 2.10. The molecule has 21 heavy (non-hydrogen) atoms. The van der Waals surface area contributed by atoms with E-state index in [0.717, 1.165) is 6.21 Å². The van der Waals surface area contributed by atoms with Gasteiger partial charge in [-0.3, -0.25) is 4.79 Å². The molecule has 0 aromatic carbocycles. The molecule has 0 rings (SSSR count). The number of carbonyl (C=O) groups excluding carboxylic acids is 2. The number of nitrogens with one attached hydrogen (secondary N) is 2. The fourth-order valence-electron chi connectivity index (χ4n) is 1.62. The summed E-state index contributed by atoms with van der Waals surface area (Å²) in [5.74, 6) is -0.969. The monoisotopic (exact) mass is 304 g/mol. The minimum absolute atomic E-state index is 0.172. The maximum absolute atomic E-state index is 12.0. The number of halogens is 2. The highest BCUT2D eigenvalue weighted by molar-refractivity contribution is 5.85. The molecule has 0 unspecified atom stereocenters. The lowest BCUT2D eigenvalue weighted by atomic mass is 10.1. The third-order valence-corrected chi connectivity index (χ3v) is 2.67. The lowest BCUT2D eigenvalue weighted by Crippen LogP contribution is -2.42. The fraction of sp³-hybridized carbons (Fsp3) is 0.643. The number of allylic oxidation sites excluding steroid dienone is 1. The van der Waals surface area contributed by atoms with Crippen molar-refractivity contribution in [1.29, 1.82) is 5.41 Å². The molecule has 1 atom stereocenters. The molecule has 0 aromatic heterocycles. The zero-order valence-electron chi connectivity index (χ0n) is 11.9. The van der Waals surface area contributed by atoms with Crippen molar-refractivity contribution in [2.75, 3.05) is 6.61 Å². The third-order valence-electron chi connectivity index (χ3n) is 2.67. The Morgan fingerprint density at radius 1 is 1.29 bits per heavy atom. The Bertz CT molecular complexity index is 349. The number of amides is 1. The normalized spacial score (nSPS) is 11.8. The SMILES string of the molecule is C=CCCC(=O)N[C@@H](CCCCC(F)F)C(=O)OCC=N. The molecule has 1 amide bonds. The Hall–Kier alpha value is -1.79. The molecule has 0 spiro atoms. The van der Waals surface area contributed by atoms with Crippen molar-refractivity contribution >= 4 is 18.1 Å². The topological polar surface area (TPSA) is 79.2 Å². The van der Waals surface area contributed by atoms with Crippen LogP contribution in [0.4, 0.5) is 8.78 Å². The molecule has 0 fully saturated rings. The number of alkyl halides is 2. The molecular formula is C14H22F2N2O3. The molecule has 0 aliphatic heterocycles. The van der Waals surface area contributed by atoms with Crippen LogP contribution in [0.2, 0.25) is 0 Å². The number of unbranched alkanes of at least 4 members (excludes halogenated alkanes) is 1. The molecule has 5 nitrogen and oxygen atoms in total. The van der Waals surface area contributed by atoms with Gasteiger partial charge < -0.3 is 15.5 Å². The number of hydrogen-bond acceptors (Lipinski definition) is 4. The van der Waals surface area contributed by atoms with Gasteiger partial charge in [-0.1, -0.05) is 12.5 Å². The number of esters is 1. The van der Waals surface area contributed by atoms with Crippen LogP contribution < -0.4 is 5.32 Å². The van der Waals surface area contributed by atoms with E-state index in [2.05, 4.69) is 11.9 Å². The van der Waals surface area contributed by atoms with Gasteiger partial charge in [-0.15, -0.1) is 6.58 Å². The van der Waals surface area contributed by atoms with E-state index in [9.17, 15) is 18.4 Å². The minimum atomic E-state index is -2.37. The van der Waals surface area contributed by atoms with E-state index in [-0.39, 0.29) is 38.2 Å². The molecule has 0 radical (unpaired) electrons. The molecule has 0 saturated heterocycles. The standard InChI is InChI=1S/C14H22F2N2O3/c1-2-3-8-13(19)18-11(14(20)21-10-9-17)6-4-5-7-12(15)16/h2,9,11-12,17H,1,3-8,10H2,(H,18,19)/t11-/m0/s1. The number of ether oxygens (including phenoxy) is 1. The summed E-state index contributed by atoms with van der Waals surface area (Å²) in [7, 11) is 0. The van der Waals surface area contributed by atoms with Crippen molar-refractivity contribution in [3.05, 3.63) is 12.7 Å². The van der Waals surface area contributed by atoms with Gasteiger partial charge in [0.25, 0.3) is 0 Å². The Labute approximate surface area is 123 Å². The van der Waals surface area contributed by atoms with Gasteiger partial charge >= 0.3 is 5.97 Å². The summed E-state index contributed by atoms with van der Waals surface area (Å²) < 4.78 is 28.8. The average molecular weight is 304 g/mol. The van der Waals surface area contributed by atoms with E-state index in [1.54, 1.807) is 6.08 Å². The van der Waals surface area contributed by atoms with Gasteiger partial charge in [-0.2, -0.15) is 0 Å². The largest absolute Gasteiger partial charge is 0.458 e. The van der Waals surface area contributed by atoms with E-state index < -0.39 is 18.4 Å². The van der Waals surface area contributed by atoms with Gasteiger partial charge in [-0.05, 0) is 19.3 Å². The Kier molecular flexibility index (Phi) is 11.0. The van der Waals surface area contributed by atoms with E-state index in [0.29, 0.717) is 12.8 Å². The number of rotatable bonds is 12. The summed E-state index contributed by atoms with van der Waals surface area (Å²) in [5.41, 5.74) is 0. The average Bonchev–Trinajstić information content (AvgIpc) is 2.45. The molecule has 0 bridgehead atoms. The maximum atomic E-state index is 12.0. The van der Waals surface area contributed by atoms with Crippen LogP contribution in [0.5, 0.6) is 0 Å². The molecular weight excluding hydrogens is 282 g/mol. The molecule has 120 valence electrons. The van der Waals surface area contributed by atoms with Gasteiger partial charge in [0.2, 0.25) is 12.3 Å². The first-order valence-electron chi connectivity index (χ1n) is 6.85. The first-order valence-corrected chi connectivity index (χ1v) is 6.85. The highest BCUT2D eigenvalue weighted by Gasteiger charge is 2.21. The van der Waals surface area contributed by atoms with Crippen LogP contribution in [0, 0.1) is 5.41 Å². The summed E-state index contributed by atoms with van der Waals surface area (Å²) in [6.07, 6.45) is 1.50. The molecule has 0 aliphatic carbocycles. The van der Waals surface area contributed by atoms with Crippen LogP contribution >= 0.6 is 0 Å². The predicted molar refractivity (Wildman–Crippen MR) is 75.6 cm³/mol. The maximum Gasteiger partial charge on any atom is 0.328 e. The first-order chi connectivity index (χ1) is 10.0. The molecule has 0 saturated carbocycles. The summed E-state index contributed by atoms with van der Waals surface area (Å²) in [4.78, 5) is 23.3. The summed E-state index contributed by atoms with van der Waals surface area (Å²) >= 11 is 0. The predicted octanol–water partition coefficient (Wildman–Crippen LogP) is 2.46. The molecule has 2 N–H and O–H groups in total. The molecule has 0 heterocycles. The van der Waals surface area contributed by atoms with E-state index >= 15 is 0 Å². The lowest BCUT2D eigenvalue weighted by Gasteiger charge is -2.17. The number of hydrogen-bond donors (Lipinski definition) is 2. The Morgan fingerprint density at radius 3 is 2.52 bits per heavy atom. The fourth-order valence-corrected chi connectivity index (χ4v) is 1.62. The molecule has 0 aromatic rings. The quantitative estimate of drug-likeness (QED) is 0.251. The van der Waals surface area contributed by atoms with E-state index in [1.165, 1.54) is 0 Å². The second-order valence-electron chi connectivity index (χ2n) is 4.46. The summed E-state index contributed by atoms with van der Waals surface area (Å²) in [6, 6.07) is -0.861. The zero-order valence-corrected chi connectivity index (χ0v) is 11.9. The minimum Gasteiger partial charge on any atom is -0.458 e. The first kappa shape index (κ1) is 19.2. The van der Waals surface area contributed by atoms with Crippen molar-refractivity contribution in [2.45, 2.75) is 51.0 Å². The highest BCUT2D eigenvalue weighted by atomic mass is 19.3. The third kappa shape index (κ3) is 10.6. The van der Waals surface area contributed by atoms with Gasteiger partial charge in [0, 0.05) is 19.1 Å². The summed E-state index contributed by atoms with van der Waals surface area (Å²) in [5, 5.41) is 9.33. The zero-order chi connectivity index (χ0) is 16.1. The Balaban J connectivity index is 4.31. The second-order valence-corrected chi connectivity index (χ2v) is 4.46. The Morgan fingerprint density at radius 2 is 1.95 bits per heavy atom. The molecule has 0 aliphatic rings. The van der Waals surface area contributed by atoms with Crippen molar-refractivity contribution in [1.82, 2.24) is 5.32 Å². The van der Waals surface area contributed by atoms with Gasteiger partial charge in [0.15, 0.2) is 0 Å².